The molecule has 0 radical (unpaired) electrons. The molecule has 0 saturated carbocycles. The second-order valence-electron chi connectivity index (χ2n) is 4.77. The van der Waals surface area contributed by atoms with Crippen molar-refractivity contribution in [2.24, 2.45) is 0 Å². The van der Waals surface area contributed by atoms with Gasteiger partial charge in [0, 0.05) is 18.2 Å². The number of aromatic nitrogens is 2. The van der Waals surface area contributed by atoms with Crippen LogP contribution >= 0.6 is 0 Å². The lowest BCUT2D eigenvalue weighted by Crippen LogP contribution is -2.24. The molecule has 0 saturated heterocycles. The number of nitrogens with zero attached hydrogens (tertiary/aromatic N) is 3. The van der Waals surface area contributed by atoms with Crippen LogP contribution in [0.15, 0.2) is 35.1 Å². The first-order valence-corrected chi connectivity index (χ1v) is 6.99. The van der Waals surface area contributed by atoms with Gasteiger partial charge in [0.2, 0.25) is 0 Å². The van der Waals surface area contributed by atoms with E-state index in [0.717, 1.165) is 6.07 Å². The number of nitriles is 1. The van der Waals surface area contributed by atoms with Gasteiger partial charge in [-0.05, 0) is 24.6 Å². The summed E-state index contributed by atoms with van der Waals surface area (Å²) in [4.78, 5) is 23.5. The van der Waals surface area contributed by atoms with E-state index in [4.69, 9.17) is 10.00 Å². The number of ether oxygens (including phenoxy) is 1. The first-order chi connectivity index (χ1) is 11.0. The lowest BCUT2D eigenvalue weighted by Gasteiger charge is -2.07. The summed E-state index contributed by atoms with van der Waals surface area (Å²) in [7, 11) is 0. The number of halogens is 1. The molecule has 0 unspecified atom stereocenters. The highest BCUT2D eigenvalue weighted by atomic mass is 19.1. The molecule has 6 nitrogen and oxygen atoms in total. The van der Waals surface area contributed by atoms with Crippen molar-refractivity contribution in [2.45, 2.75) is 26.5 Å². The zero-order chi connectivity index (χ0) is 16.8. The Hall–Kier alpha value is -3.01. The molecule has 1 aromatic carbocycles. The van der Waals surface area contributed by atoms with Crippen molar-refractivity contribution in [3.05, 3.63) is 63.3 Å². The van der Waals surface area contributed by atoms with Crippen molar-refractivity contribution in [2.75, 3.05) is 0 Å². The third kappa shape index (κ3) is 4.01. The molecule has 0 spiro atoms. The van der Waals surface area contributed by atoms with Crippen LogP contribution in [0.5, 0.6) is 0 Å². The predicted molar refractivity (Wildman–Crippen MR) is 79.0 cm³/mol. The summed E-state index contributed by atoms with van der Waals surface area (Å²) >= 11 is 0. The van der Waals surface area contributed by atoms with Crippen LogP contribution in [0.2, 0.25) is 0 Å². The van der Waals surface area contributed by atoms with Crippen molar-refractivity contribution in [1.29, 1.82) is 5.26 Å². The highest BCUT2D eigenvalue weighted by molar-refractivity contribution is 5.86. The first-order valence-electron chi connectivity index (χ1n) is 6.99. The number of benzene rings is 1. The molecule has 0 aliphatic heterocycles. The SMILES string of the molecule is CCCn1nc(C(=O)OCc2ccc(C#N)cc2F)ccc1=O. The normalized spacial score (nSPS) is 10.1. The molecule has 0 atom stereocenters. The monoisotopic (exact) mass is 315 g/mol. The molecule has 0 bridgehead atoms. The van der Waals surface area contributed by atoms with Gasteiger partial charge in [0.15, 0.2) is 5.69 Å². The lowest BCUT2D eigenvalue weighted by atomic mass is 10.1. The Balaban J connectivity index is 2.09. The number of carbonyl (C=O) groups excluding carboxylic acids is 1. The number of hydrogen-bond donors (Lipinski definition) is 0. The smallest absolute Gasteiger partial charge is 0.359 e. The Morgan fingerprint density at radius 2 is 2.17 bits per heavy atom. The maximum Gasteiger partial charge on any atom is 0.359 e. The molecular formula is C16H14FN3O3. The molecule has 118 valence electrons. The van der Waals surface area contributed by atoms with Crippen molar-refractivity contribution in [1.82, 2.24) is 9.78 Å². The molecule has 0 amide bonds. The fourth-order valence-corrected chi connectivity index (χ4v) is 1.88. The molecule has 7 heteroatoms. The summed E-state index contributed by atoms with van der Waals surface area (Å²) in [6.45, 7) is 1.99. The van der Waals surface area contributed by atoms with E-state index in [1.54, 1.807) is 0 Å². The van der Waals surface area contributed by atoms with E-state index in [2.05, 4.69) is 5.10 Å². The molecule has 0 aliphatic rings. The Labute approximate surface area is 131 Å². The average Bonchev–Trinajstić information content (AvgIpc) is 2.55. The summed E-state index contributed by atoms with van der Waals surface area (Å²) in [5.41, 5.74) is 0.0127. The summed E-state index contributed by atoms with van der Waals surface area (Å²) < 4.78 is 19.9. The van der Waals surface area contributed by atoms with Crippen LogP contribution in [0.1, 0.15) is 35.0 Å². The number of aryl methyl sites for hydroxylation is 1. The Morgan fingerprint density at radius 1 is 1.39 bits per heavy atom. The van der Waals surface area contributed by atoms with E-state index in [1.807, 2.05) is 13.0 Å². The minimum atomic E-state index is -0.751. The van der Waals surface area contributed by atoms with E-state index in [1.165, 1.54) is 28.9 Å². The Kier molecular flexibility index (Phi) is 5.20. The highest BCUT2D eigenvalue weighted by Gasteiger charge is 2.13. The maximum absolute atomic E-state index is 13.7. The highest BCUT2D eigenvalue weighted by Crippen LogP contribution is 2.12. The third-order valence-corrected chi connectivity index (χ3v) is 3.05. The van der Waals surface area contributed by atoms with Gasteiger partial charge in [-0.2, -0.15) is 10.4 Å². The van der Waals surface area contributed by atoms with Crippen LogP contribution in [0.3, 0.4) is 0 Å². The molecule has 1 aromatic heterocycles. The van der Waals surface area contributed by atoms with Crippen molar-refractivity contribution < 1.29 is 13.9 Å². The molecule has 0 fully saturated rings. The predicted octanol–water partition coefficient (Wildman–Crippen LogP) is 2.02. The standard InChI is InChI=1S/C16H14FN3O3/c1-2-7-20-15(21)6-5-14(19-20)16(22)23-10-12-4-3-11(9-18)8-13(12)17/h3-6,8H,2,7,10H2,1H3. The minimum absolute atomic E-state index is 0.0212. The van der Waals surface area contributed by atoms with Gasteiger partial charge in [-0.15, -0.1) is 0 Å². The second kappa shape index (κ2) is 7.31. The van der Waals surface area contributed by atoms with E-state index < -0.39 is 11.8 Å². The maximum atomic E-state index is 13.7. The van der Waals surface area contributed by atoms with E-state index in [0.29, 0.717) is 13.0 Å². The van der Waals surface area contributed by atoms with Gasteiger partial charge in [-0.3, -0.25) is 4.79 Å². The Bertz CT molecular complexity index is 824. The van der Waals surface area contributed by atoms with Crippen LogP contribution < -0.4 is 5.56 Å². The molecule has 2 aromatic rings. The quantitative estimate of drug-likeness (QED) is 0.788. The summed E-state index contributed by atoms with van der Waals surface area (Å²) in [6.07, 6.45) is 0.696. The molecule has 0 aliphatic carbocycles. The van der Waals surface area contributed by atoms with Gasteiger partial charge in [-0.1, -0.05) is 13.0 Å². The van der Waals surface area contributed by atoms with Gasteiger partial charge in [0.1, 0.15) is 12.4 Å². The van der Waals surface area contributed by atoms with Crippen molar-refractivity contribution >= 4 is 5.97 Å². The largest absolute Gasteiger partial charge is 0.456 e. The van der Waals surface area contributed by atoms with Gasteiger partial charge in [-0.25, -0.2) is 13.9 Å². The fourth-order valence-electron chi connectivity index (χ4n) is 1.88. The zero-order valence-electron chi connectivity index (χ0n) is 12.5. The van der Waals surface area contributed by atoms with Crippen LogP contribution in [0.4, 0.5) is 4.39 Å². The second-order valence-corrected chi connectivity index (χ2v) is 4.77. The fraction of sp³-hybridized carbons (Fsp3) is 0.250. The van der Waals surface area contributed by atoms with Crippen LogP contribution in [-0.2, 0) is 17.9 Å². The topological polar surface area (TPSA) is 85.0 Å². The summed E-state index contributed by atoms with van der Waals surface area (Å²) in [5, 5.41) is 12.6. The van der Waals surface area contributed by atoms with Crippen LogP contribution in [-0.4, -0.2) is 15.7 Å². The van der Waals surface area contributed by atoms with Crippen molar-refractivity contribution in [3.63, 3.8) is 0 Å². The number of carbonyl (C=O) groups is 1. The lowest BCUT2D eigenvalue weighted by molar-refractivity contribution is 0.0458. The molecule has 0 N–H and O–H groups in total. The summed E-state index contributed by atoms with van der Waals surface area (Å²) in [6, 6.07) is 8.22. The first kappa shape index (κ1) is 16.4. The average molecular weight is 315 g/mol. The van der Waals surface area contributed by atoms with E-state index >= 15 is 0 Å². The number of rotatable bonds is 5. The van der Waals surface area contributed by atoms with Gasteiger partial charge >= 0.3 is 5.97 Å². The molecule has 1 heterocycles. The third-order valence-electron chi connectivity index (χ3n) is 3.05. The molecule has 23 heavy (non-hydrogen) atoms. The molecule has 2 rings (SSSR count). The van der Waals surface area contributed by atoms with E-state index in [-0.39, 0.29) is 29.0 Å². The van der Waals surface area contributed by atoms with Gasteiger partial charge in [0.25, 0.3) is 5.56 Å². The summed E-state index contributed by atoms with van der Waals surface area (Å²) in [5.74, 6) is -1.38. The number of hydrogen-bond acceptors (Lipinski definition) is 5. The van der Waals surface area contributed by atoms with E-state index in [9.17, 15) is 14.0 Å². The Morgan fingerprint density at radius 3 is 2.83 bits per heavy atom. The van der Waals surface area contributed by atoms with Crippen LogP contribution in [0.25, 0.3) is 0 Å². The van der Waals surface area contributed by atoms with Gasteiger partial charge < -0.3 is 4.74 Å². The number of esters is 1. The molecular weight excluding hydrogens is 301 g/mol. The minimum Gasteiger partial charge on any atom is -0.456 e. The van der Waals surface area contributed by atoms with Gasteiger partial charge in [0.05, 0.1) is 11.6 Å². The van der Waals surface area contributed by atoms with Crippen LogP contribution in [0, 0.1) is 17.1 Å². The van der Waals surface area contributed by atoms with Crippen molar-refractivity contribution in [3.8, 4) is 6.07 Å². The zero-order valence-corrected chi connectivity index (χ0v) is 12.5.